The van der Waals surface area contributed by atoms with Gasteiger partial charge in [0.15, 0.2) is 0 Å². The van der Waals surface area contributed by atoms with Gasteiger partial charge < -0.3 is 9.88 Å². The van der Waals surface area contributed by atoms with Gasteiger partial charge in [-0.3, -0.25) is 4.68 Å². The summed E-state index contributed by atoms with van der Waals surface area (Å²) in [7, 11) is 0. The minimum absolute atomic E-state index is 0.523. The third kappa shape index (κ3) is 3.51. The van der Waals surface area contributed by atoms with Crippen molar-refractivity contribution in [2.45, 2.75) is 52.7 Å². The molecule has 2 rings (SSSR count). The molecule has 0 saturated heterocycles. The Morgan fingerprint density at radius 1 is 1.15 bits per heavy atom. The third-order valence-electron chi connectivity index (χ3n) is 3.79. The van der Waals surface area contributed by atoms with Crippen LogP contribution in [0.3, 0.4) is 0 Å². The van der Waals surface area contributed by atoms with Crippen LogP contribution in [0.15, 0.2) is 30.6 Å². The highest BCUT2D eigenvalue weighted by molar-refractivity contribution is 5.10. The predicted molar refractivity (Wildman–Crippen MR) is 82.8 cm³/mol. The lowest BCUT2D eigenvalue weighted by Gasteiger charge is -2.12. The summed E-state index contributed by atoms with van der Waals surface area (Å²) in [5.41, 5.74) is 2.44. The number of hydrogen-bond donors (Lipinski definition) is 1. The number of aromatic nitrogens is 3. The predicted octanol–water partition coefficient (Wildman–Crippen LogP) is 3.20. The molecule has 1 N–H and O–H groups in total. The van der Waals surface area contributed by atoms with E-state index in [9.17, 15) is 0 Å². The molecule has 0 aromatic carbocycles. The quantitative estimate of drug-likeness (QED) is 0.802. The van der Waals surface area contributed by atoms with Gasteiger partial charge in [-0.05, 0) is 37.6 Å². The Morgan fingerprint density at radius 3 is 2.65 bits per heavy atom. The Kier molecular flexibility index (Phi) is 5.41. The van der Waals surface area contributed by atoms with E-state index in [4.69, 9.17) is 5.10 Å². The van der Waals surface area contributed by atoms with Crippen molar-refractivity contribution in [3.05, 3.63) is 42.0 Å². The number of hydrogen-bond acceptors (Lipinski definition) is 2. The molecule has 20 heavy (non-hydrogen) atoms. The average Bonchev–Trinajstić information content (AvgIpc) is 3.08. The van der Waals surface area contributed by atoms with Crippen LogP contribution in [0.4, 0.5) is 0 Å². The van der Waals surface area contributed by atoms with Crippen molar-refractivity contribution in [3.63, 3.8) is 0 Å². The Bertz CT molecular complexity index is 508. The van der Waals surface area contributed by atoms with Gasteiger partial charge in [-0.2, -0.15) is 5.10 Å². The van der Waals surface area contributed by atoms with Gasteiger partial charge in [0.05, 0.1) is 18.3 Å². The smallest absolute Gasteiger partial charge is 0.0821 e. The molecule has 4 heteroatoms. The van der Waals surface area contributed by atoms with Crippen molar-refractivity contribution < 1.29 is 0 Å². The summed E-state index contributed by atoms with van der Waals surface area (Å²) in [6.45, 7) is 9.32. The number of nitrogens with zero attached hydrogens (tertiary/aromatic N) is 3. The Hall–Kier alpha value is -1.55. The lowest BCUT2D eigenvalue weighted by atomic mass is 10.2. The minimum Gasteiger partial charge on any atom is -0.344 e. The van der Waals surface area contributed by atoms with E-state index in [1.54, 1.807) is 0 Å². The van der Waals surface area contributed by atoms with E-state index in [1.165, 1.54) is 5.69 Å². The minimum atomic E-state index is 0.523. The van der Waals surface area contributed by atoms with Crippen LogP contribution in [0.25, 0.3) is 0 Å². The molecule has 2 aromatic heterocycles. The van der Waals surface area contributed by atoms with E-state index in [0.717, 1.165) is 38.2 Å². The summed E-state index contributed by atoms with van der Waals surface area (Å²) in [4.78, 5) is 0. The second-order valence-electron chi connectivity index (χ2n) is 5.17. The Morgan fingerprint density at radius 2 is 1.95 bits per heavy atom. The zero-order valence-corrected chi connectivity index (χ0v) is 12.8. The van der Waals surface area contributed by atoms with Gasteiger partial charge >= 0.3 is 0 Å². The van der Waals surface area contributed by atoms with Crippen molar-refractivity contribution in [3.8, 4) is 0 Å². The molecule has 0 bridgehead atoms. The molecule has 0 radical (unpaired) electrons. The number of rotatable bonds is 8. The van der Waals surface area contributed by atoms with Crippen molar-refractivity contribution >= 4 is 0 Å². The van der Waals surface area contributed by atoms with Crippen LogP contribution in [0, 0.1) is 0 Å². The zero-order valence-electron chi connectivity index (χ0n) is 12.8. The summed E-state index contributed by atoms with van der Waals surface area (Å²) < 4.78 is 4.38. The third-order valence-corrected chi connectivity index (χ3v) is 3.79. The Labute approximate surface area is 121 Å². The van der Waals surface area contributed by atoms with Gasteiger partial charge in [-0.25, -0.2) is 0 Å². The van der Waals surface area contributed by atoms with Crippen molar-refractivity contribution in [1.29, 1.82) is 0 Å². The van der Waals surface area contributed by atoms with Crippen LogP contribution < -0.4 is 5.32 Å². The molecule has 0 unspecified atom stereocenters. The molecule has 0 amide bonds. The summed E-state index contributed by atoms with van der Waals surface area (Å²) in [5.74, 6) is 0. The fourth-order valence-electron chi connectivity index (χ4n) is 2.52. The van der Waals surface area contributed by atoms with Crippen LogP contribution in [0.2, 0.25) is 0 Å². The Balaban J connectivity index is 2.05. The van der Waals surface area contributed by atoms with E-state index >= 15 is 0 Å². The lowest BCUT2D eigenvalue weighted by Crippen LogP contribution is -2.16. The summed E-state index contributed by atoms with van der Waals surface area (Å²) in [5, 5.41) is 8.10. The standard InChI is InChI=1S/C16H26N4/c1-4-15(5-2)20-11-9-14(18-20)13-19-10-7-8-16(19)12-17-6-3/h7-11,15,17H,4-6,12-13H2,1-3H3. The molecular formula is C16H26N4. The van der Waals surface area contributed by atoms with Gasteiger partial charge in [-0.1, -0.05) is 20.8 Å². The van der Waals surface area contributed by atoms with Crippen LogP contribution in [-0.4, -0.2) is 20.9 Å². The first kappa shape index (κ1) is 14.9. The second kappa shape index (κ2) is 7.29. The first-order chi connectivity index (χ1) is 9.78. The second-order valence-corrected chi connectivity index (χ2v) is 5.17. The number of nitrogens with one attached hydrogen (secondary N) is 1. The first-order valence-electron chi connectivity index (χ1n) is 7.67. The molecular weight excluding hydrogens is 248 g/mol. The van der Waals surface area contributed by atoms with Crippen molar-refractivity contribution in [1.82, 2.24) is 19.7 Å². The van der Waals surface area contributed by atoms with Crippen LogP contribution in [0.5, 0.6) is 0 Å². The maximum absolute atomic E-state index is 4.72. The van der Waals surface area contributed by atoms with Gasteiger partial charge in [0.2, 0.25) is 0 Å². The highest BCUT2D eigenvalue weighted by Crippen LogP contribution is 2.15. The fourth-order valence-corrected chi connectivity index (χ4v) is 2.52. The first-order valence-corrected chi connectivity index (χ1v) is 7.67. The fraction of sp³-hybridized carbons (Fsp3) is 0.562. The van der Waals surface area contributed by atoms with E-state index in [1.807, 2.05) is 0 Å². The molecule has 0 saturated carbocycles. The molecule has 110 valence electrons. The van der Waals surface area contributed by atoms with Gasteiger partial charge in [0.25, 0.3) is 0 Å². The molecule has 4 nitrogen and oxygen atoms in total. The monoisotopic (exact) mass is 274 g/mol. The van der Waals surface area contributed by atoms with E-state index < -0.39 is 0 Å². The van der Waals surface area contributed by atoms with Crippen molar-refractivity contribution in [2.75, 3.05) is 6.54 Å². The van der Waals surface area contributed by atoms with Crippen molar-refractivity contribution in [2.24, 2.45) is 0 Å². The molecule has 0 aliphatic carbocycles. The lowest BCUT2D eigenvalue weighted by molar-refractivity contribution is 0.424. The van der Waals surface area contributed by atoms with Crippen LogP contribution in [0.1, 0.15) is 51.0 Å². The highest BCUT2D eigenvalue weighted by Gasteiger charge is 2.09. The van der Waals surface area contributed by atoms with Gasteiger partial charge in [-0.15, -0.1) is 0 Å². The van der Waals surface area contributed by atoms with E-state index in [2.05, 4.69) is 65.9 Å². The highest BCUT2D eigenvalue weighted by atomic mass is 15.3. The van der Waals surface area contributed by atoms with Gasteiger partial charge in [0, 0.05) is 24.6 Å². The largest absolute Gasteiger partial charge is 0.344 e. The summed E-state index contributed by atoms with van der Waals surface area (Å²) in [6.07, 6.45) is 6.50. The molecule has 2 heterocycles. The summed E-state index contributed by atoms with van der Waals surface area (Å²) >= 11 is 0. The van der Waals surface area contributed by atoms with E-state index in [-0.39, 0.29) is 0 Å². The SMILES string of the molecule is CCNCc1cccn1Cc1ccn(C(CC)CC)n1. The van der Waals surface area contributed by atoms with E-state index in [0.29, 0.717) is 6.04 Å². The zero-order chi connectivity index (χ0) is 14.4. The molecule has 0 fully saturated rings. The maximum atomic E-state index is 4.72. The van der Waals surface area contributed by atoms with Gasteiger partial charge in [0.1, 0.15) is 0 Å². The molecule has 0 aliphatic rings. The summed E-state index contributed by atoms with van der Waals surface area (Å²) in [6, 6.07) is 6.93. The maximum Gasteiger partial charge on any atom is 0.0821 e. The molecule has 0 atom stereocenters. The average molecular weight is 274 g/mol. The van der Waals surface area contributed by atoms with Crippen LogP contribution >= 0.6 is 0 Å². The normalized spacial score (nSPS) is 11.4. The van der Waals surface area contributed by atoms with Crippen LogP contribution in [-0.2, 0) is 13.1 Å². The topological polar surface area (TPSA) is 34.8 Å². The molecule has 0 aliphatic heterocycles. The molecule has 0 spiro atoms. The molecule has 2 aromatic rings.